The van der Waals surface area contributed by atoms with Gasteiger partial charge in [0, 0.05) is 17.7 Å². The molecule has 0 aliphatic rings. The first-order valence-electron chi connectivity index (χ1n) is 4.51. The minimum absolute atomic E-state index is 0.400. The average Bonchev–Trinajstić information content (AvgIpc) is 2.74. The number of hydrogen-bond acceptors (Lipinski definition) is 6. The van der Waals surface area contributed by atoms with Crippen molar-refractivity contribution in [3.63, 3.8) is 0 Å². The van der Waals surface area contributed by atoms with Crippen LogP contribution in [0, 0.1) is 0 Å². The van der Waals surface area contributed by atoms with Crippen LogP contribution in [0.25, 0.3) is 0 Å². The van der Waals surface area contributed by atoms with Crippen LogP contribution in [0.5, 0.6) is 5.75 Å². The van der Waals surface area contributed by atoms with Gasteiger partial charge in [0.2, 0.25) is 5.13 Å². The SMILES string of the molecule is CNc1nnc(COc2cncc(Br)c2)s1. The summed E-state index contributed by atoms with van der Waals surface area (Å²) in [4.78, 5) is 4.00. The van der Waals surface area contributed by atoms with E-state index in [-0.39, 0.29) is 0 Å². The van der Waals surface area contributed by atoms with Crippen LogP contribution in [0.3, 0.4) is 0 Å². The Bertz CT molecular complexity index is 476. The molecule has 16 heavy (non-hydrogen) atoms. The van der Waals surface area contributed by atoms with Gasteiger partial charge in [-0.3, -0.25) is 4.98 Å². The monoisotopic (exact) mass is 300 g/mol. The quantitative estimate of drug-likeness (QED) is 0.939. The van der Waals surface area contributed by atoms with E-state index < -0.39 is 0 Å². The highest BCUT2D eigenvalue weighted by molar-refractivity contribution is 9.10. The predicted molar refractivity (Wildman–Crippen MR) is 65.7 cm³/mol. The average molecular weight is 301 g/mol. The molecule has 2 aromatic rings. The summed E-state index contributed by atoms with van der Waals surface area (Å²) in [6, 6.07) is 1.85. The molecule has 1 N–H and O–H groups in total. The molecule has 0 aliphatic carbocycles. The van der Waals surface area contributed by atoms with E-state index >= 15 is 0 Å². The summed E-state index contributed by atoms with van der Waals surface area (Å²) < 4.78 is 6.41. The third-order valence-corrected chi connectivity index (χ3v) is 3.07. The van der Waals surface area contributed by atoms with Gasteiger partial charge in [-0.15, -0.1) is 10.2 Å². The summed E-state index contributed by atoms with van der Waals surface area (Å²) in [7, 11) is 1.81. The summed E-state index contributed by atoms with van der Waals surface area (Å²) in [6.45, 7) is 0.400. The molecular weight excluding hydrogens is 292 g/mol. The fraction of sp³-hybridized carbons (Fsp3) is 0.222. The Morgan fingerprint density at radius 1 is 1.44 bits per heavy atom. The van der Waals surface area contributed by atoms with Crippen molar-refractivity contribution >= 4 is 32.4 Å². The zero-order valence-corrected chi connectivity index (χ0v) is 10.9. The first kappa shape index (κ1) is 11.3. The van der Waals surface area contributed by atoms with E-state index in [1.165, 1.54) is 11.3 Å². The van der Waals surface area contributed by atoms with Crippen LogP contribution < -0.4 is 10.1 Å². The fourth-order valence-electron chi connectivity index (χ4n) is 1.03. The van der Waals surface area contributed by atoms with Crippen LogP contribution in [-0.2, 0) is 6.61 Å². The molecule has 2 rings (SSSR count). The van der Waals surface area contributed by atoms with Crippen LogP contribution in [-0.4, -0.2) is 22.2 Å². The highest BCUT2D eigenvalue weighted by atomic mass is 79.9. The van der Waals surface area contributed by atoms with Crippen molar-refractivity contribution in [2.75, 3.05) is 12.4 Å². The number of hydrogen-bond donors (Lipinski definition) is 1. The Balaban J connectivity index is 1.96. The lowest BCUT2D eigenvalue weighted by molar-refractivity contribution is 0.303. The lowest BCUT2D eigenvalue weighted by atomic mass is 10.5. The third-order valence-electron chi connectivity index (χ3n) is 1.72. The Morgan fingerprint density at radius 2 is 2.31 bits per heavy atom. The minimum Gasteiger partial charge on any atom is -0.485 e. The van der Waals surface area contributed by atoms with Crippen LogP contribution in [0.15, 0.2) is 22.9 Å². The van der Waals surface area contributed by atoms with Gasteiger partial charge < -0.3 is 10.1 Å². The smallest absolute Gasteiger partial charge is 0.205 e. The molecule has 0 aliphatic heterocycles. The summed E-state index contributed by atoms with van der Waals surface area (Å²) >= 11 is 4.79. The second-order valence-electron chi connectivity index (χ2n) is 2.88. The van der Waals surface area contributed by atoms with Gasteiger partial charge in [-0.05, 0) is 22.0 Å². The van der Waals surface area contributed by atoms with E-state index in [9.17, 15) is 0 Å². The van der Waals surface area contributed by atoms with E-state index in [1.54, 1.807) is 12.4 Å². The standard InChI is InChI=1S/C9H9BrN4OS/c1-11-9-14-13-8(16-9)5-15-7-2-6(10)3-12-4-7/h2-4H,5H2,1H3,(H,11,14). The van der Waals surface area contributed by atoms with E-state index in [0.717, 1.165) is 14.6 Å². The van der Waals surface area contributed by atoms with Crippen LogP contribution in [0.2, 0.25) is 0 Å². The molecule has 0 radical (unpaired) electrons. The van der Waals surface area contributed by atoms with E-state index in [1.807, 2.05) is 13.1 Å². The summed E-state index contributed by atoms with van der Waals surface area (Å²) in [6.07, 6.45) is 3.36. The summed E-state index contributed by atoms with van der Waals surface area (Å²) in [5.41, 5.74) is 0. The first-order valence-corrected chi connectivity index (χ1v) is 6.12. The first-order chi connectivity index (χ1) is 7.78. The van der Waals surface area contributed by atoms with Crippen molar-refractivity contribution in [2.45, 2.75) is 6.61 Å². The zero-order valence-electron chi connectivity index (χ0n) is 8.48. The number of rotatable bonds is 4. The van der Waals surface area contributed by atoms with Gasteiger partial charge in [0.1, 0.15) is 12.4 Å². The molecule has 0 fully saturated rings. The molecule has 0 atom stereocenters. The third kappa shape index (κ3) is 2.89. The van der Waals surface area contributed by atoms with Crippen molar-refractivity contribution in [2.24, 2.45) is 0 Å². The second kappa shape index (κ2) is 5.22. The number of aromatic nitrogens is 3. The molecule has 5 nitrogen and oxygen atoms in total. The minimum atomic E-state index is 0.400. The molecule has 0 saturated heterocycles. The highest BCUT2D eigenvalue weighted by Gasteiger charge is 2.03. The molecule has 7 heteroatoms. The van der Waals surface area contributed by atoms with Gasteiger partial charge >= 0.3 is 0 Å². The largest absolute Gasteiger partial charge is 0.485 e. The maximum absolute atomic E-state index is 5.52. The fourth-order valence-corrected chi connectivity index (χ4v) is 1.98. The number of ether oxygens (including phenoxy) is 1. The Morgan fingerprint density at radius 3 is 3.00 bits per heavy atom. The number of anilines is 1. The predicted octanol–water partition coefficient (Wildman–Crippen LogP) is 2.32. The zero-order chi connectivity index (χ0) is 11.4. The topological polar surface area (TPSA) is 59.9 Å². The van der Waals surface area contributed by atoms with Gasteiger partial charge in [-0.2, -0.15) is 0 Å². The Kier molecular flexibility index (Phi) is 3.68. The van der Waals surface area contributed by atoms with Crippen molar-refractivity contribution in [3.8, 4) is 5.75 Å². The second-order valence-corrected chi connectivity index (χ2v) is 4.86. The number of halogens is 1. The van der Waals surface area contributed by atoms with E-state index in [0.29, 0.717) is 12.4 Å². The molecule has 84 valence electrons. The van der Waals surface area contributed by atoms with Crippen molar-refractivity contribution in [1.29, 1.82) is 0 Å². The molecule has 0 spiro atoms. The number of nitrogens with one attached hydrogen (secondary N) is 1. The maximum atomic E-state index is 5.52. The molecule has 0 amide bonds. The van der Waals surface area contributed by atoms with Crippen LogP contribution >= 0.6 is 27.3 Å². The summed E-state index contributed by atoms with van der Waals surface area (Å²) in [5.74, 6) is 0.704. The normalized spacial score (nSPS) is 10.1. The number of pyridine rings is 1. The Labute approximate surface area is 105 Å². The molecule has 0 unspecified atom stereocenters. The van der Waals surface area contributed by atoms with Crippen LogP contribution in [0.1, 0.15) is 5.01 Å². The molecule has 0 bridgehead atoms. The van der Waals surface area contributed by atoms with Gasteiger partial charge in [-0.1, -0.05) is 11.3 Å². The maximum Gasteiger partial charge on any atom is 0.205 e. The lowest BCUT2D eigenvalue weighted by Gasteiger charge is -2.02. The van der Waals surface area contributed by atoms with Crippen LogP contribution in [0.4, 0.5) is 5.13 Å². The number of nitrogens with zero attached hydrogens (tertiary/aromatic N) is 3. The molecule has 2 aromatic heterocycles. The van der Waals surface area contributed by atoms with Crippen molar-refractivity contribution < 1.29 is 4.74 Å². The van der Waals surface area contributed by atoms with Gasteiger partial charge in [0.15, 0.2) is 5.01 Å². The molecule has 0 saturated carbocycles. The molecule has 0 aromatic carbocycles. The Hall–Kier alpha value is -1.21. The lowest BCUT2D eigenvalue weighted by Crippen LogP contribution is -1.95. The van der Waals surface area contributed by atoms with E-state index in [2.05, 4.69) is 36.4 Å². The van der Waals surface area contributed by atoms with Gasteiger partial charge in [-0.25, -0.2) is 0 Å². The van der Waals surface area contributed by atoms with Gasteiger partial charge in [0.25, 0.3) is 0 Å². The van der Waals surface area contributed by atoms with Gasteiger partial charge in [0.05, 0.1) is 6.20 Å². The summed E-state index contributed by atoms with van der Waals surface area (Å²) in [5, 5.41) is 12.4. The highest BCUT2D eigenvalue weighted by Crippen LogP contribution is 2.19. The molecule has 2 heterocycles. The van der Waals surface area contributed by atoms with Crippen molar-refractivity contribution in [3.05, 3.63) is 27.9 Å². The van der Waals surface area contributed by atoms with Crippen molar-refractivity contribution in [1.82, 2.24) is 15.2 Å². The van der Waals surface area contributed by atoms with E-state index in [4.69, 9.17) is 4.74 Å². The molecular formula is C9H9BrN4OS.